The van der Waals surface area contributed by atoms with Crippen LogP contribution in [-0.4, -0.2) is 72.2 Å². The molecule has 0 aliphatic heterocycles. The number of halogens is 1. The second-order valence-electron chi connectivity index (χ2n) is 5.81. The van der Waals surface area contributed by atoms with Crippen LogP contribution in [0.5, 0.6) is 0 Å². The SMILES string of the molecule is O=C(O)c1ccc(SSc2ccc(C(=O)O)c(C(=O)O)c2C(=O)O)c(C(=O)O)c1C(=O)O.O=CCl. The monoisotopic (exact) mass is 546 g/mol. The summed E-state index contributed by atoms with van der Waals surface area (Å²) >= 11 is 4.32. The van der Waals surface area contributed by atoms with Gasteiger partial charge in [-0.15, -0.1) is 0 Å². The molecule has 0 aliphatic carbocycles. The standard InChI is InChI=1S/C18H10O12S2.CHClO/c19-13(20)5-1-3-7(11(17(27)28)9(5)15(23)24)31-32-8-4-2-6(14(21)22)10(16(25)26)12(8)18(29)30;2-1-3/h1-4H,(H,19,20)(H,21,22)(H,23,24)(H,25,26)(H,27,28)(H,29,30);1H. The van der Waals surface area contributed by atoms with Crippen LogP contribution in [0, 0.1) is 0 Å². The first kappa shape index (κ1) is 29.0. The van der Waals surface area contributed by atoms with Crippen molar-refractivity contribution in [1.29, 1.82) is 0 Å². The van der Waals surface area contributed by atoms with E-state index in [2.05, 4.69) is 11.6 Å². The van der Waals surface area contributed by atoms with Gasteiger partial charge in [0.2, 0.25) is 5.75 Å². The average molecular weight is 547 g/mol. The maximum absolute atomic E-state index is 11.7. The third kappa shape index (κ3) is 6.72. The van der Waals surface area contributed by atoms with Gasteiger partial charge in [-0.25, -0.2) is 28.8 Å². The number of benzene rings is 2. The first-order valence-electron chi connectivity index (χ1n) is 8.42. The van der Waals surface area contributed by atoms with Crippen LogP contribution in [0.3, 0.4) is 0 Å². The first-order valence-corrected chi connectivity index (χ1v) is 11.0. The zero-order valence-electron chi connectivity index (χ0n) is 16.6. The Morgan fingerprint density at radius 2 is 0.800 bits per heavy atom. The van der Waals surface area contributed by atoms with Gasteiger partial charge in [0.1, 0.15) is 0 Å². The lowest BCUT2D eigenvalue weighted by Gasteiger charge is -2.13. The Morgan fingerprint density at radius 3 is 1.00 bits per heavy atom. The molecule has 35 heavy (non-hydrogen) atoms. The fourth-order valence-corrected chi connectivity index (χ4v) is 4.97. The summed E-state index contributed by atoms with van der Waals surface area (Å²) in [5.41, 5.74) is -5.30. The summed E-state index contributed by atoms with van der Waals surface area (Å²) in [4.78, 5) is 76.9. The maximum atomic E-state index is 11.7. The summed E-state index contributed by atoms with van der Waals surface area (Å²) < 4.78 is 0. The molecule has 0 saturated carbocycles. The quantitative estimate of drug-likeness (QED) is 0.150. The van der Waals surface area contributed by atoms with Gasteiger partial charge in [0, 0.05) is 9.79 Å². The third-order valence-corrected chi connectivity index (χ3v) is 6.32. The van der Waals surface area contributed by atoms with Crippen molar-refractivity contribution in [3.05, 3.63) is 57.6 Å². The van der Waals surface area contributed by atoms with Gasteiger partial charge in [0.15, 0.2) is 0 Å². The topological polar surface area (TPSA) is 241 Å². The molecule has 6 N–H and O–H groups in total. The van der Waals surface area contributed by atoms with Gasteiger partial charge in [0.05, 0.1) is 33.4 Å². The van der Waals surface area contributed by atoms with Crippen molar-refractivity contribution in [2.24, 2.45) is 0 Å². The molecule has 0 heterocycles. The van der Waals surface area contributed by atoms with Crippen LogP contribution in [-0.2, 0) is 4.79 Å². The molecule has 2 aromatic rings. The van der Waals surface area contributed by atoms with Crippen LogP contribution >= 0.6 is 33.2 Å². The second-order valence-corrected chi connectivity index (χ2v) is 8.20. The molecular formula is C19H11ClO13S2. The van der Waals surface area contributed by atoms with Crippen molar-refractivity contribution in [3.8, 4) is 0 Å². The van der Waals surface area contributed by atoms with Crippen molar-refractivity contribution in [3.63, 3.8) is 0 Å². The zero-order valence-corrected chi connectivity index (χ0v) is 19.0. The molecule has 0 aliphatic rings. The number of hydrogen-bond acceptors (Lipinski definition) is 9. The molecule has 0 fully saturated rings. The van der Waals surface area contributed by atoms with E-state index in [1.807, 2.05) is 0 Å². The Hall–Kier alpha value is -4.08. The first-order chi connectivity index (χ1) is 16.3. The minimum atomic E-state index is -1.82. The number of carbonyl (C=O) groups excluding carboxylic acids is 1. The highest BCUT2D eigenvalue weighted by molar-refractivity contribution is 8.76. The smallest absolute Gasteiger partial charge is 0.337 e. The van der Waals surface area contributed by atoms with Gasteiger partial charge < -0.3 is 30.6 Å². The summed E-state index contributed by atoms with van der Waals surface area (Å²) in [7, 11) is 1.05. The van der Waals surface area contributed by atoms with Gasteiger partial charge in [0.25, 0.3) is 0 Å². The van der Waals surface area contributed by atoms with E-state index >= 15 is 0 Å². The molecule has 0 saturated heterocycles. The van der Waals surface area contributed by atoms with Gasteiger partial charge in [-0.1, -0.05) is 21.6 Å². The van der Waals surface area contributed by atoms with Crippen LogP contribution in [0.1, 0.15) is 62.1 Å². The number of carbonyl (C=O) groups is 7. The van der Waals surface area contributed by atoms with E-state index in [0.29, 0.717) is 21.6 Å². The van der Waals surface area contributed by atoms with E-state index in [4.69, 9.17) is 15.0 Å². The summed E-state index contributed by atoms with van der Waals surface area (Å²) in [5.74, 6) is -10.3. The van der Waals surface area contributed by atoms with E-state index in [9.17, 15) is 49.2 Å². The molecule has 0 radical (unpaired) electrons. The third-order valence-electron chi connectivity index (χ3n) is 3.87. The zero-order chi connectivity index (χ0) is 27.0. The van der Waals surface area contributed by atoms with Crippen LogP contribution in [0.25, 0.3) is 0 Å². The number of rotatable bonds is 9. The Labute approximate surface area is 206 Å². The minimum absolute atomic E-state index is 0.222. The van der Waals surface area contributed by atoms with Crippen LogP contribution < -0.4 is 0 Å². The predicted octanol–water partition coefficient (Wildman–Crippen LogP) is 3.09. The summed E-state index contributed by atoms with van der Waals surface area (Å²) in [5, 5.41) is 55.8. The lowest BCUT2D eigenvalue weighted by Crippen LogP contribution is -2.16. The molecule has 0 atom stereocenters. The summed E-state index contributed by atoms with van der Waals surface area (Å²) in [6.07, 6.45) is 0. The Morgan fingerprint density at radius 1 is 0.543 bits per heavy atom. The Balaban J connectivity index is 0.00000194. The average Bonchev–Trinajstić information content (AvgIpc) is 2.75. The molecule has 0 amide bonds. The van der Waals surface area contributed by atoms with Crippen molar-refractivity contribution in [1.82, 2.24) is 0 Å². The number of carboxylic acid groups (broad SMARTS) is 6. The van der Waals surface area contributed by atoms with E-state index in [-0.39, 0.29) is 15.5 Å². The normalized spacial score (nSPS) is 9.86. The van der Waals surface area contributed by atoms with E-state index in [1.54, 1.807) is 0 Å². The van der Waals surface area contributed by atoms with Gasteiger partial charge in [-0.3, -0.25) is 4.79 Å². The van der Waals surface area contributed by atoms with Crippen LogP contribution in [0.4, 0.5) is 0 Å². The lowest BCUT2D eigenvalue weighted by molar-refractivity contribution is 0.0629. The number of carboxylic acids is 6. The summed E-state index contributed by atoms with van der Waals surface area (Å²) in [6, 6.07) is 3.72. The minimum Gasteiger partial charge on any atom is -0.478 e. The second kappa shape index (κ2) is 12.4. The summed E-state index contributed by atoms with van der Waals surface area (Å²) in [6.45, 7) is 0. The lowest BCUT2D eigenvalue weighted by atomic mass is 10.0. The van der Waals surface area contributed by atoms with E-state index in [0.717, 1.165) is 24.3 Å². The molecular weight excluding hydrogens is 536 g/mol. The van der Waals surface area contributed by atoms with Gasteiger partial charge in [-0.2, -0.15) is 0 Å². The van der Waals surface area contributed by atoms with Crippen molar-refractivity contribution in [2.45, 2.75) is 9.79 Å². The van der Waals surface area contributed by atoms with Crippen molar-refractivity contribution >= 4 is 74.7 Å². The van der Waals surface area contributed by atoms with Crippen molar-refractivity contribution < 1.29 is 64.2 Å². The molecule has 0 aromatic heterocycles. The fourth-order valence-electron chi connectivity index (χ4n) is 2.62. The van der Waals surface area contributed by atoms with Crippen LogP contribution in [0.15, 0.2) is 34.1 Å². The highest BCUT2D eigenvalue weighted by atomic mass is 35.5. The van der Waals surface area contributed by atoms with Crippen molar-refractivity contribution in [2.75, 3.05) is 0 Å². The highest BCUT2D eigenvalue weighted by Crippen LogP contribution is 2.43. The molecule has 0 spiro atoms. The maximum Gasteiger partial charge on any atom is 0.337 e. The van der Waals surface area contributed by atoms with E-state index < -0.39 is 69.2 Å². The molecule has 2 rings (SSSR count). The predicted molar refractivity (Wildman–Crippen MR) is 119 cm³/mol. The highest BCUT2D eigenvalue weighted by Gasteiger charge is 2.30. The number of hydrogen-bond donors (Lipinski definition) is 6. The molecule has 0 bridgehead atoms. The molecule has 13 nitrogen and oxygen atoms in total. The van der Waals surface area contributed by atoms with E-state index in [1.165, 1.54) is 0 Å². The molecule has 2 aromatic carbocycles. The molecule has 184 valence electrons. The van der Waals surface area contributed by atoms with Gasteiger partial charge in [-0.05, 0) is 35.9 Å². The largest absolute Gasteiger partial charge is 0.478 e. The molecule has 16 heteroatoms. The Bertz CT molecular complexity index is 1160. The Kier molecular flexibility index (Phi) is 10.3. The number of aromatic carboxylic acids is 6. The fraction of sp³-hybridized carbons (Fsp3) is 0. The molecule has 0 unspecified atom stereocenters. The van der Waals surface area contributed by atoms with Gasteiger partial charge >= 0.3 is 35.8 Å². The van der Waals surface area contributed by atoms with Crippen LogP contribution in [0.2, 0.25) is 0 Å².